The van der Waals surface area contributed by atoms with E-state index in [0.29, 0.717) is 17.3 Å². The van der Waals surface area contributed by atoms with Crippen LogP contribution < -0.4 is 5.73 Å². The molecular formula is C14H14N4O. The average molecular weight is 254 g/mol. The number of anilines is 1. The maximum atomic E-state index is 6.08. The Morgan fingerprint density at radius 3 is 2.63 bits per heavy atom. The van der Waals surface area contributed by atoms with Gasteiger partial charge in [0.05, 0.1) is 12.0 Å². The fourth-order valence-corrected chi connectivity index (χ4v) is 1.94. The van der Waals surface area contributed by atoms with Gasteiger partial charge in [-0.2, -0.15) is 4.68 Å². The fourth-order valence-electron chi connectivity index (χ4n) is 1.94. The van der Waals surface area contributed by atoms with Crippen molar-refractivity contribution in [3.63, 3.8) is 0 Å². The Bertz CT molecular complexity index is 668. The van der Waals surface area contributed by atoms with E-state index in [-0.39, 0.29) is 0 Å². The van der Waals surface area contributed by atoms with Gasteiger partial charge in [0.15, 0.2) is 17.3 Å². The van der Waals surface area contributed by atoms with Gasteiger partial charge < -0.3 is 10.2 Å². The summed E-state index contributed by atoms with van der Waals surface area (Å²) in [5.74, 6) is 1.09. The third-order valence-corrected chi connectivity index (χ3v) is 3.05. The summed E-state index contributed by atoms with van der Waals surface area (Å²) >= 11 is 0. The van der Waals surface area contributed by atoms with Gasteiger partial charge in [-0.05, 0) is 36.2 Å². The SMILES string of the molecule is CCc1ccc(-n2nnc(-c3ccco3)c2N)cc1. The Morgan fingerprint density at radius 1 is 1.21 bits per heavy atom. The van der Waals surface area contributed by atoms with Crippen molar-refractivity contribution in [3.8, 4) is 17.1 Å². The van der Waals surface area contributed by atoms with Crippen LogP contribution in [0.3, 0.4) is 0 Å². The van der Waals surface area contributed by atoms with Crippen LogP contribution in [0.25, 0.3) is 17.1 Å². The molecule has 0 spiro atoms. The number of hydrogen-bond acceptors (Lipinski definition) is 4. The molecule has 1 aromatic carbocycles. The summed E-state index contributed by atoms with van der Waals surface area (Å²) in [6.45, 7) is 2.12. The minimum Gasteiger partial charge on any atom is -0.463 e. The molecule has 0 aliphatic heterocycles. The molecule has 19 heavy (non-hydrogen) atoms. The number of aromatic nitrogens is 3. The molecule has 3 aromatic rings. The Kier molecular flexibility index (Phi) is 2.79. The molecule has 0 saturated carbocycles. The molecule has 3 rings (SSSR count). The third-order valence-electron chi connectivity index (χ3n) is 3.05. The Labute approximate surface area is 110 Å². The van der Waals surface area contributed by atoms with E-state index in [0.717, 1.165) is 12.1 Å². The number of rotatable bonds is 3. The zero-order chi connectivity index (χ0) is 13.2. The molecule has 0 atom stereocenters. The zero-order valence-electron chi connectivity index (χ0n) is 10.6. The van der Waals surface area contributed by atoms with Gasteiger partial charge >= 0.3 is 0 Å². The van der Waals surface area contributed by atoms with E-state index in [1.807, 2.05) is 18.2 Å². The normalized spacial score (nSPS) is 10.8. The highest BCUT2D eigenvalue weighted by Crippen LogP contribution is 2.25. The second-order valence-electron chi connectivity index (χ2n) is 4.23. The van der Waals surface area contributed by atoms with Crippen molar-refractivity contribution in [2.24, 2.45) is 0 Å². The van der Waals surface area contributed by atoms with Gasteiger partial charge in [0.1, 0.15) is 0 Å². The Morgan fingerprint density at radius 2 is 2.00 bits per heavy atom. The van der Waals surface area contributed by atoms with E-state index in [1.165, 1.54) is 5.56 Å². The van der Waals surface area contributed by atoms with E-state index in [1.54, 1.807) is 17.0 Å². The van der Waals surface area contributed by atoms with Gasteiger partial charge in [-0.3, -0.25) is 0 Å². The highest BCUT2D eigenvalue weighted by Gasteiger charge is 2.14. The molecule has 96 valence electrons. The third kappa shape index (κ3) is 1.99. The molecule has 5 heteroatoms. The molecule has 0 amide bonds. The van der Waals surface area contributed by atoms with Crippen LogP contribution in [-0.4, -0.2) is 15.0 Å². The van der Waals surface area contributed by atoms with E-state index in [9.17, 15) is 0 Å². The summed E-state index contributed by atoms with van der Waals surface area (Å²) in [6.07, 6.45) is 2.59. The zero-order valence-corrected chi connectivity index (χ0v) is 10.6. The predicted octanol–water partition coefficient (Wildman–Crippen LogP) is 2.67. The maximum absolute atomic E-state index is 6.08. The number of nitrogens with two attached hydrogens (primary N) is 1. The van der Waals surface area contributed by atoms with Crippen LogP contribution in [0.4, 0.5) is 5.82 Å². The maximum Gasteiger partial charge on any atom is 0.172 e. The summed E-state index contributed by atoms with van der Waals surface area (Å²) in [4.78, 5) is 0. The Balaban J connectivity index is 2.01. The number of hydrogen-bond donors (Lipinski definition) is 1. The first-order valence-electron chi connectivity index (χ1n) is 6.14. The molecule has 0 unspecified atom stereocenters. The van der Waals surface area contributed by atoms with Gasteiger partial charge in [0.2, 0.25) is 0 Å². The van der Waals surface area contributed by atoms with E-state index >= 15 is 0 Å². The van der Waals surface area contributed by atoms with Gasteiger partial charge in [-0.25, -0.2) is 0 Å². The number of nitrogens with zero attached hydrogens (tertiary/aromatic N) is 3. The van der Waals surface area contributed by atoms with Crippen LogP contribution >= 0.6 is 0 Å². The van der Waals surface area contributed by atoms with E-state index in [4.69, 9.17) is 10.2 Å². The fraction of sp³-hybridized carbons (Fsp3) is 0.143. The van der Waals surface area contributed by atoms with Gasteiger partial charge in [-0.15, -0.1) is 5.10 Å². The minimum atomic E-state index is 0.471. The summed E-state index contributed by atoms with van der Waals surface area (Å²) < 4.78 is 6.90. The smallest absolute Gasteiger partial charge is 0.172 e. The first-order valence-corrected chi connectivity index (χ1v) is 6.14. The quantitative estimate of drug-likeness (QED) is 0.780. The highest BCUT2D eigenvalue weighted by molar-refractivity contribution is 5.66. The summed E-state index contributed by atoms with van der Waals surface area (Å²) in [5.41, 5.74) is 8.80. The number of aryl methyl sites for hydroxylation is 1. The number of furan rings is 1. The lowest BCUT2D eigenvalue weighted by Gasteiger charge is -2.04. The van der Waals surface area contributed by atoms with Crippen molar-refractivity contribution < 1.29 is 4.42 Å². The molecule has 0 radical (unpaired) electrons. The van der Waals surface area contributed by atoms with E-state index < -0.39 is 0 Å². The number of nitrogen functional groups attached to an aromatic ring is 1. The summed E-state index contributed by atoms with van der Waals surface area (Å²) in [7, 11) is 0. The summed E-state index contributed by atoms with van der Waals surface area (Å²) in [6, 6.07) is 11.7. The molecule has 0 bridgehead atoms. The number of benzene rings is 1. The molecule has 0 aliphatic rings. The largest absolute Gasteiger partial charge is 0.463 e. The molecule has 0 saturated heterocycles. The van der Waals surface area contributed by atoms with Crippen molar-refractivity contribution >= 4 is 5.82 Å². The minimum absolute atomic E-state index is 0.471. The van der Waals surface area contributed by atoms with Crippen LogP contribution in [0, 0.1) is 0 Å². The second-order valence-corrected chi connectivity index (χ2v) is 4.23. The van der Waals surface area contributed by atoms with Crippen LogP contribution in [-0.2, 0) is 6.42 Å². The first-order chi connectivity index (χ1) is 9.29. The first kappa shape index (κ1) is 11.5. The molecule has 2 heterocycles. The molecule has 5 nitrogen and oxygen atoms in total. The van der Waals surface area contributed by atoms with Crippen LogP contribution in [0.1, 0.15) is 12.5 Å². The van der Waals surface area contributed by atoms with Crippen LogP contribution in [0.2, 0.25) is 0 Å². The Hall–Kier alpha value is -2.56. The molecule has 0 aliphatic carbocycles. The monoisotopic (exact) mass is 254 g/mol. The van der Waals surface area contributed by atoms with Crippen molar-refractivity contribution in [2.45, 2.75) is 13.3 Å². The lowest BCUT2D eigenvalue weighted by Crippen LogP contribution is -2.02. The molecule has 2 N–H and O–H groups in total. The van der Waals surface area contributed by atoms with Crippen molar-refractivity contribution in [1.82, 2.24) is 15.0 Å². The molecule has 0 fully saturated rings. The highest BCUT2D eigenvalue weighted by atomic mass is 16.3. The van der Waals surface area contributed by atoms with Gasteiger partial charge in [0, 0.05) is 0 Å². The lowest BCUT2D eigenvalue weighted by molar-refractivity contribution is 0.580. The van der Waals surface area contributed by atoms with Gasteiger partial charge in [-0.1, -0.05) is 24.3 Å². The standard InChI is InChI=1S/C14H14N4O/c1-2-10-5-7-11(8-6-10)18-14(15)13(16-17-18)12-4-3-9-19-12/h3-9H,2,15H2,1H3. The van der Waals surface area contributed by atoms with Crippen molar-refractivity contribution in [1.29, 1.82) is 0 Å². The van der Waals surface area contributed by atoms with Crippen LogP contribution in [0.15, 0.2) is 47.1 Å². The average Bonchev–Trinajstić information content (AvgIpc) is 3.08. The predicted molar refractivity (Wildman–Crippen MR) is 72.9 cm³/mol. The topological polar surface area (TPSA) is 69.9 Å². The molecular weight excluding hydrogens is 240 g/mol. The van der Waals surface area contributed by atoms with Crippen molar-refractivity contribution in [2.75, 3.05) is 5.73 Å². The second kappa shape index (κ2) is 4.61. The van der Waals surface area contributed by atoms with Crippen LogP contribution in [0.5, 0.6) is 0 Å². The van der Waals surface area contributed by atoms with Gasteiger partial charge in [0.25, 0.3) is 0 Å². The van der Waals surface area contributed by atoms with E-state index in [2.05, 4.69) is 29.4 Å². The summed E-state index contributed by atoms with van der Waals surface area (Å²) in [5, 5.41) is 8.15. The lowest BCUT2D eigenvalue weighted by atomic mass is 10.1. The van der Waals surface area contributed by atoms with Crippen molar-refractivity contribution in [3.05, 3.63) is 48.2 Å². The molecule has 2 aromatic heterocycles.